The highest BCUT2D eigenvalue weighted by atomic mass is 79.9. The van der Waals surface area contributed by atoms with Gasteiger partial charge in [-0.25, -0.2) is 4.99 Å². The number of halogens is 5. The molecule has 3 aliphatic rings. The van der Waals surface area contributed by atoms with Crippen LogP contribution in [0.1, 0.15) is 67.7 Å². The van der Waals surface area contributed by atoms with Crippen LogP contribution in [0.25, 0.3) is 5.57 Å². The van der Waals surface area contributed by atoms with Crippen molar-refractivity contribution in [3.63, 3.8) is 0 Å². The minimum Gasteiger partial charge on any atom is -0.444 e. The molecule has 2 aromatic carbocycles. The van der Waals surface area contributed by atoms with Crippen molar-refractivity contribution in [2.45, 2.75) is 69.3 Å². The van der Waals surface area contributed by atoms with E-state index < -0.39 is 11.7 Å². The van der Waals surface area contributed by atoms with Gasteiger partial charge in [-0.1, -0.05) is 41.1 Å². The molecule has 36 heavy (non-hydrogen) atoms. The normalized spacial score (nSPS) is 22.3. The first-order valence-corrected chi connectivity index (χ1v) is 14.2. The van der Waals surface area contributed by atoms with Crippen molar-refractivity contribution in [2.75, 3.05) is 0 Å². The van der Waals surface area contributed by atoms with Gasteiger partial charge in [0.15, 0.2) is 12.2 Å². The third-order valence-electron chi connectivity index (χ3n) is 7.53. The minimum atomic E-state index is -4.48. The molecule has 2 atom stereocenters. The maximum Gasteiger partial charge on any atom is 0.418 e. The lowest BCUT2D eigenvalue weighted by Crippen LogP contribution is -2.22. The van der Waals surface area contributed by atoms with Gasteiger partial charge in [0.1, 0.15) is 0 Å². The third-order valence-corrected chi connectivity index (χ3v) is 9.17. The molecule has 0 aromatic heterocycles. The first-order chi connectivity index (χ1) is 17.3. The molecule has 0 radical (unpaired) electrons. The topological polar surface area (TPSA) is 21.6 Å². The zero-order valence-electron chi connectivity index (χ0n) is 20.1. The van der Waals surface area contributed by atoms with Crippen LogP contribution in [0.15, 0.2) is 57.0 Å². The van der Waals surface area contributed by atoms with Crippen LogP contribution in [0, 0.1) is 5.92 Å². The van der Waals surface area contributed by atoms with Crippen molar-refractivity contribution in [3.05, 3.63) is 74.3 Å². The Morgan fingerprint density at radius 3 is 2.56 bits per heavy atom. The van der Waals surface area contributed by atoms with Crippen LogP contribution in [0.4, 0.5) is 18.9 Å². The Kier molecular flexibility index (Phi) is 7.51. The Morgan fingerprint density at radius 2 is 1.75 bits per heavy atom. The van der Waals surface area contributed by atoms with E-state index in [0.29, 0.717) is 5.75 Å². The Balaban J connectivity index is 1.63. The van der Waals surface area contributed by atoms with Crippen LogP contribution in [-0.4, -0.2) is 11.2 Å². The number of hydrogen-bond donors (Lipinski definition) is 0. The molecule has 1 fully saturated rings. The van der Waals surface area contributed by atoms with Crippen LogP contribution in [0.5, 0.6) is 5.75 Å². The molecule has 1 saturated carbocycles. The lowest BCUT2D eigenvalue weighted by Gasteiger charge is -2.35. The summed E-state index contributed by atoms with van der Waals surface area (Å²) >= 11 is 7.64. The minimum absolute atomic E-state index is 0.160. The Bertz CT molecular complexity index is 1260. The van der Waals surface area contributed by atoms with Crippen molar-refractivity contribution in [3.8, 4) is 5.75 Å². The second-order valence-electron chi connectivity index (χ2n) is 9.80. The molecule has 0 aliphatic heterocycles. The average Bonchev–Trinajstić information content (AvgIpc) is 2.85. The summed E-state index contributed by atoms with van der Waals surface area (Å²) in [4.78, 5) is 4.32. The second kappa shape index (κ2) is 10.5. The fourth-order valence-corrected chi connectivity index (χ4v) is 6.93. The van der Waals surface area contributed by atoms with E-state index in [1.165, 1.54) is 46.4 Å². The summed E-state index contributed by atoms with van der Waals surface area (Å²) in [6.07, 6.45) is 7.78. The van der Waals surface area contributed by atoms with Crippen LogP contribution in [0.3, 0.4) is 0 Å². The molecule has 0 amide bonds. The zero-order valence-corrected chi connectivity index (χ0v) is 23.3. The molecule has 0 saturated heterocycles. The monoisotopic (exact) mass is 621 g/mol. The lowest BCUT2D eigenvalue weighted by atomic mass is 9.72. The van der Waals surface area contributed by atoms with Gasteiger partial charge in [0.25, 0.3) is 0 Å². The largest absolute Gasteiger partial charge is 0.444 e. The Morgan fingerprint density at radius 1 is 1.03 bits per heavy atom. The molecule has 2 nitrogen and oxygen atoms in total. The van der Waals surface area contributed by atoms with Gasteiger partial charge in [0, 0.05) is 10.4 Å². The van der Waals surface area contributed by atoms with E-state index in [1.807, 2.05) is 0 Å². The molecule has 2 aromatic rings. The molecular formula is C29H28Br2F3NO. The maximum atomic E-state index is 13.5. The summed E-state index contributed by atoms with van der Waals surface area (Å²) in [5.41, 5.74) is 6.95. The number of aryl methyl sites for hydroxylation is 1. The fourth-order valence-electron chi connectivity index (χ4n) is 5.78. The SMILES string of the molecule is CC1C(c2c3c(cc(Br)c2OC=Nc2ccccc2C(F)(F)F)CCCC3)=C2CCCCC2=CC1Br. The summed E-state index contributed by atoms with van der Waals surface area (Å²) in [6, 6.07) is 7.42. The Hall–Kier alpha value is -1.86. The van der Waals surface area contributed by atoms with Crippen LogP contribution in [-0.2, 0) is 19.0 Å². The molecule has 0 spiro atoms. The molecular weight excluding hydrogens is 595 g/mol. The van der Waals surface area contributed by atoms with Gasteiger partial charge >= 0.3 is 6.18 Å². The highest BCUT2D eigenvalue weighted by molar-refractivity contribution is 9.10. The number of ether oxygens (including phenoxy) is 1. The molecule has 2 unspecified atom stereocenters. The quantitative estimate of drug-likeness (QED) is 0.189. The van der Waals surface area contributed by atoms with Gasteiger partial charge in [-0.05, 0) is 119 Å². The highest BCUT2D eigenvalue weighted by Crippen LogP contribution is 2.51. The summed E-state index contributed by atoms with van der Waals surface area (Å²) in [5, 5.41) is 0. The number of benzene rings is 2. The number of para-hydroxylation sites is 1. The summed E-state index contributed by atoms with van der Waals surface area (Å²) < 4.78 is 47.3. The van der Waals surface area contributed by atoms with E-state index in [-0.39, 0.29) is 16.4 Å². The third kappa shape index (κ3) is 4.98. The number of hydrogen-bond acceptors (Lipinski definition) is 2. The number of aliphatic imine (C=N–C) groups is 1. The summed E-state index contributed by atoms with van der Waals surface area (Å²) in [5.74, 6) is 0.886. The average molecular weight is 623 g/mol. The molecule has 3 aliphatic carbocycles. The van der Waals surface area contributed by atoms with Crippen LogP contribution in [0.2, 0.25) is 0 Å². The standard InChI is InChI=1S/C29H28Br2F3NO/c1-17-23(30)14-18-8-2-4-10-20(18)26(17)27-21-11-5-3-9-19(21)15-24(31)28(27)36-16-35-25-13-7-6-12-22(25)29(32,33)34/h6-7,12-17,23H,2-5,8-11H2,1H3. The van der Waals surface area contributed by atoms with Gasteiger partial charge in [-0.15, -0.1) is 0 Å². The molecule has 0 bridgehead atoms. The van der Waals surface area contributed by atoms with Gasteiger partial charge in [-0.2, -0.15) is 13.2 Å². The maximum absolute atomic E-state index is 13.5. The molecule has 5 rings (SSSR count). The van der Waals surface area contributed by atoms with Gasteiger partial charge in [-0.3, -0.25) is 0 Å². The van der Waals surface area contributed by atoms with E-state index in [4.69, 9.17) is 4.74 Å². The van der Waals surface area contributed by atoms with E-state index >= 15 is 0 Å². The Labute approximate surface area is 227 Å². The van der Waals surface area contributed by atoms with Crippen molar-refractivity contribution in [2.24, 2.45) is 10.9 Å². The first-order valence-electron chi connectivity index (χ1n) is 12.5. The molecule has 190 valence electrons. The summed E-state index contributed by atoms with van der Waals surface area (Å²) in [6.45, 7) is 2.25. The number of fused-ring (bicyclic) bond motifs is 2. The first kappa shape index (κ1) is 25.8. The van der Waals surface area contributed by atoms with Crippen molar-refractivity contribution in [1.29, 1.82) is 0 Å². The van der Waals surface area contributed by atoms with Gasteiger partial charge in [0.2, 0.25) is 0 Å². The van der Waals surface area contributed by atoms with Crippen molar-refractivity contribution < 1.29 is 17.9 Å². The van der Waals surface area contributed by atoms with Crippen molar-refractivity contribution >= 4 is 49.5 Å². The fraction of sp³-hybridized carbons (Fsp3) is 0.414. The van der Waals surface area contributed by atoms with E-state index in [2.05, 4.69) is 55.9 Å². The molecule has 7 heteroatoms. The van der Waals surface area contributed by atoms with Gasteiger partial charge < -0.3 is 4.74 Å². The number of rotatable bonds is 4. The number of allylic oxidation sites excluding steroid dienone is 4. The van der Waals surface area contributed by atoms with Crippen LogP contribution < -0.4 is 4.74 Å². The number of alkyl halides is 4. The van der Waals surface area contributed by atoms with E-state index in [9.17, 15) is 13.2 Å². The number of nitrogens with zero attached hydrogens (tertiary/aromatic N) is 1. The van der Waals surface area contributed by atoms with E-state index in [1.54, 1.807) is 6.07 Å². The van der Waals surface area contributed by atoms with E-state index in [0.717, 1.165) is 67.4 Å². The highest BCUT2D eigenvalue weighted by Gasteiger charge is 2.35. The predicted octanol–water partition coefficient (Wildman–Crippen LogP) is 9.75. The van der Waals surface area contributed by atoms with Gasteiger partial charge in [0.05, 0.1) is 15.7 Å². The summed E-state index contributed by atoms with van der Waals surface area (Å²) in [7, 11) is 0. The lowest BCUT2D eigenvalue weighted by molar-refractivity contribution is -0.137. The molecule has 0 heterocycles. The zero-order chi connectivity index (χ0) is 25.4. The van der Waals surface area contributed by atoms with Crippen LogP contribution >= 0.6 is 31.9 Å². The predicted molar refractivity (Wildman–Crippen MR) is 146 cm³/mol. The molecule has 0 N–H and O–H groups in total. The second-order valence-corrected chi connectivity index (χ2v) is 11.7. The van der Waals surface area contributed by atoms with Crippen molar-refractivity contribution in [1.82, 2.24) is 0 Å². The smallest absolute Gasteiger partial charge is 0.418 e.